The molecule has 162 valence electrons. The second-order valence-corrected chi connectivity index (χ2v) is 9.81. The van der Waals surface area contributed by atoms with E-state index in [9.17, 15) is 21.6 Å². The molecule has 0 atom stereocenters. The minimum atomic E-state index is -4.61. The topological polar surface area (TPSA) is 75.6 Å². The van der Waals surface area contributed by atoms with Crippen LogP contribution in [-0.2, 0) is 22.7 Å². The zero-order chi connectivity index (χ0) is 21.7. The van der Waals surface area contributed by atoms with Crippen molar-refractivity contribution < 1.29 is 26.3 Å². The molecule has 4 rings (SSSR count). The highest BCUT2D eigenvalue weighted by atomic mass is 32.2. The number of hydrogen-bond acceptors (Lipinski definition) is 6. The van der Waals surface area contributed by atoms with Gasteiger partial charge in [0.05, 0.1) is 12.8 Å². The molecule has 0 bridgehead atoms. The summed E-state index contributed by atoms with van der Waals surface area (Å²) in [6.07, 6.45) is -2.86. The number of pyridine rings is 2. The fourth-order valence-electron chi connectivity index (χ4n) is 4.09. The number of rotatable bonds is 5. The van der Waals surface area contributed by atoms with Crippen molar-refractivity contribution in [2.24, 2.45) is 5.41 Å². The lowest BCUT2D eigenvalue weighted by molar-refractivity contribution is -0.141. The third-order valence-corrected chi connectivity index (χ3v) is 7.43. The average molecular weight is 442 g/mol. The van der Waals surface area contributed by atoms with Crippen molar-refractivity contribution in [1.82, 2.24) is 19.2 Å². The Bertz CT molecular complexity index is 1040. The van der Waals surface area contributed by atoms with Crippen molar-refractivity contribution in [3.63, 3.8) is 0 Å². The highest BCUT2D eigenvalue weighted by Crippen LogP contribution is 2.43. The Morgan fingerprint density at radius 1 is 1.13 bits per heavy atom. The summed E-state index contributed by atoms with van der Waals surface area (Å²) < 4.78 is 70.4. The maximum Gasteiger partial charge on any atom is 0.433 e. The van der Waals surface area contributed by atoms with Crippen LogP contribution in [0.25, 0.3) is 0 Å². The first kappa shape index (κ1) is 21.0. The quantitative estimate of drug-likeness (QED) is 0.708. The number of halogens is 3. The Hall–Kier alpha value is -2.24. The van der Waals surface area contributed by atoms with Gasteiger partial charge in [-0.3, -0.25) is 4.90 Å². The third-order valence-electron chi connectivity index (χ3n) is 5.50. The van der Waals surface area contributed by atoms with Gasteiger partial charge in [-0.1, -0.05) is 6.07 Å². The predicted molar refractivity (Wildman–Crippen MR) is 101 cm³/mol. The molecule has 2 aromatic heterocycles. The lowest BCUT2D eigenvalue weighted by Crippen LogP contribution is -2.72. The van der Waals surface area contributed by atoms with Crippen molar-refractivity contribution in [2.45, 2.75) is 24.5 Å². The first-order valence-electron chi connectivity index (χ1n) is 9.29. The van der Waals surface area contributed by atoms with Gasteiger partial charge in [-0.15, -0.1) is 0 Å². The fourth-order valence-corrected chi connectivity index (χ4v) is 5.91. The molecule has 30 heavy (non-hydrogen) atoms. The van der Waals surface area contributed by atoms with E-state index in [1.807, 2.05) is 6.07 Å². The summed E-state index contributed by atoms with van der Waals surface area (Å²) >= 11 is 0. The molecule has 2 fully saturated rings. The van der Waals surface area contributed by atoms with Crippen LogP contribution in [-0.4, -0.2) is 60.9 Å². The van der Waals surface area contributed by atoms with Gasteiger partial charge in [-0.05, 0) is 24.6 Å². The Balaban J connectivity index is 1.36. The molecule has 0 N–H and O–H groups in total. The Kier molecular flexibility index (Phi) is 5.02. The predicted octanol–water partition coefficient (Wildman–Crippen LogP) is 2.32. The molecule has 0 radical (unpaired) electrons. The van der Waals surface area contributed by atoms with E-state index < -0.39 is 21.9 Å². The standard InChI is InChI=1S/C19H21F3N4O3S/c1-13-15(4-5-16(24-13)19(20,21)22)30(27,28)26-11-18(12-26)9-25(10-18)8-14-3-6-17(29-2)23-7-14/h3-7H,8-12H2,1-2H3. The normalized spacial score (nSPS) is 19.4. The highest BCUT2D eigenvalue weighted by molar-refractivity contribution is 7.89. The minimum absolute atomic E-state index is 0.0970. The van der Waals surface area contributed by atoms with Gasteiger partial charge in [-0.25, -0.2) is 18.4 Å². The summed E-state index contributed by atoms with van der Waals surface area (Å²) in [6, 6.07) is 5.44. The molecule has 7 nitrogen and oxygen atoms in total. The summed E-state index contributed by atoms with van der Waals surface area (Å²) in [4.78, 5) is 9.64. The number of sulfonamides is 1. The van der Waals surface area contributed by atoms with E-state index in [1.54, 1.807) is 19.4 Å². The maximum atomic E-state index is 12.8. The van der Waals surface area contributed by atoms with E-state index in [0.717, 1.165) is 24.7 Å². The highest BCUT2D eigenvalue weighted by Gasteiger charge is 2.55. The molecule has 1 spiro atoms. The number of methoxy groups -OCH3 is 1. The van der Waals surface area contributed by atoms with Crippen molar-refractivity contribution in [2.75, 3.05) is 33.3 Å². The van der Waals surface area contributed by atoms with E-state index in [4.69, 9.17) is 4.74 Å². The van der Waals surface area contributed by atoms with Gasteiger partial charge in [0.2, 0.25) is 15.9 Å². The van der Waals surface area contributed by atoms with E-state index in [0.29, 0.717) is 31.6 Å². The van der Waals surface area contributed by atoms with Gasteiger partial charge in [0.1, 0.15) is 10.6 Å². The van der Waals surface area contributed by atoms with Crippen LogP contribution in [0.1, 0.15) is 17.0 Å². The van der Waals surface area contributed by atoms with Crippen LogP contribution in [0, 0.1) is 12.3 Å². The van der Waals surface area contributed by atoms with Crippen molar-refractivity contribution in [3.8, 4) is 5.88 Å². The molecule has 0 aliphatic carbocycles. The number of likely N-dealkylation sites (tertiary alicyclic amines) is 1. The molecule has 2 aliphatic heterocycles. The smallest absolute Gasteiger partial charge is 0.433 e. The molecule has 2 aliphatic rings. The van der Waals surface area contributed by atoms with Crippen molar-refractivity contribution >= 4 is 10.0 Å². The van der Waals surface area contributed by atoms with Gasteiger partial charge < -0.3 is 4.74 Å². The lowest BCUT2D eigenvalue weighted by Gasteiger charge is -2.59. The molecular formula is C19H21F3N4O3S. The Morgan fingerprint density at radius 3 is 2.37 bits per heavy atom. The van der Waals surface area contributed by atoms with Gasteiger partial charge in [0.25, 0.3) is 0 Å². The lowest BCUT2D eigenvalue weighted by atomic mass is 9.74. The monoisotopic (exact) mass is 442 g/mol. The van der Waals surface area contributed by atoms with E-state index in [2.05, 4.69) is 14.9 Å². The summed E-state index contributed by atoms with van der Waals surface area (Å²) in [7, 11) is -2.31. The molecule has 11 heteroatoms. The second kappa shape index (κ2) is 7.17. The minimum Gasteiger partial charge on any atom is -0.481 e. The largest absolute Gasteiger partial charge is 0.481 e. The van der Waals surface area contributed by atoms with Crippen molar-refractivity contribution in [1.29, 1.82) is 0 Å². The number of hydrogen-bond donors (Lipinski definition) is 0. The van der Waals surface area contributed by atoms with Crippen LogP contribution in [0.3, 0.4) is 0 Å². The summed E-state index contributed by atoms with van der Waals surface area (Å²) in [5.74, 6) is 0.548. The molecule has 0 unspecified atom stereocenters. The Labute approximate surface area is 172 Å². The van der Waals surface area contributed by atoms with E-state index in [-0.39, 0.29) is 16.0 Å². The van der Waals surface area contributed by atoms with Gasteiger partial charge in [0, 0.05) is 50.4 Å². The van der Waals surface area contributed by atoms with E-state index >= 15 is 0 Å². The van der Waals surface area contributed by atoms with Crippen LogP contribution in [0.5, 0.6) is 5.88 Å². The van der Waals surface area contributed by atoms with E-state index in [1.165, 1.54) is 11.2 Å². The number of ether oxygens (including phenoxy) is 1. The zero-order valence-electron chi connectivity index (χ0n) is 16.5. The first-order chi connectivity index (χ1) is 14.0. The second-order valence-electron chi connectivity index (χ2n) is 7.90. The first-order valence-corrected chi connectivity index (χ1v) is 10.7. The van der Waals surface area contributed by atoms with Crippen molar-refractivity contribution in [3.05, 3.63) is 47.4 Å². The number of aryl methyl sites for hydroxylation is 1. The molecule has 4 heterocycles. The number of nitrogens with zero attached hydrogens (tertiary/aromatic N) is 4. The maximum absolute atomic E-state index is 12.8. The van der Waals surface area contributed by atoms with Gasteiger partial charge >= 0.3 is 6.18 Å². The molecular weight excluding hydrogens is 421 g/mol. The summed E-state index contributed by atoms with van der Waals surface area (Å²) in [5.41, 5.74) is -0.296. The summed E-state index contributed by atoms with van der Waals surface area (Å²) in [6.45, 7) is 4.23. The van der Waals surface area contributed by atoms with Gasteiger partial charge in [-0.2, -0.15) is 17.5 Å². The fraction of sp³-hybridized carbons (Fsp3) is 0.474. The number of aromatic nitrogens is 2. The molecule has 0 aromatic carbocycles. The molecule has 0 amide bonds. The van der Waals surface area contributed by atoms with Crippen LogP contribution in [0.15, 0.2) is 35.4 Å². The molecule has 2 aromatic rings. The SMILES string of the molecule is COc1ccc(CN2CC3(C2)CN(S(=O)(=O)c2ccc(C(F)(F)F)nc2C)C3)cn1. The third kappa shape index (κ3) is 3.77. The molecule has 0 saturated carbocycles. The average Bonchev–Trinajstić information content (AvgIpc) is 2.61. The number of alkyl halides is 3. The van der Waals surface area contributed by atoms with Crippen LogP contribution >= 0.6 is 0 Å². The summed E-state index contributed by atoms with van der Waals surface area (Å²) in [5, 5.41) is 0. The van der Waals surface area contributed by atoms with Crippen LogP contribution in [0.2, 0.25) is 0 Å². The Morgan fingerprint density at radius 2 is 1.83 bits per heavy atom. The van der Waals surface area contributed by atoms with Crippen LogP contribution in [0.4, 0.5) is 13.2 Å². The van der Waals surface area contributed by atoms with Crippen LogP contribution < -0.4 is 4.74 Å². The zero-order valence-corrected chi connectivity index (χ0v) is 17.3. The molecule has 2 saturated heterocycles. The van der Waals surface area contributed by atoms with Gasteiger partial charge in [0.15, 0.2) is 0 Å².